The van der Waals surface area contributed by atoms with Gasteiger partial charge < -0.3 is 25.2 Å². The first-order valence-electron chi connectivity index (χ1n) is 21.3. The summed E-state index contributed by atoms with van der Waals surface area (Å²) in [6, 6.07) is 33.2. The Kier molecular flexibility index (Phi) is 11.3. The average Bonchev–Trinajstić information content (AvgIpc) is 3.99. The third kappa shape index (κ3) is 7.19. The number of carbonyl (C=O) groups excluding carboxylic acids is 1. The van der Waals surface area contributed by atoms with E-state index in [0.29, 0.717) is 73.4 Å². The summed E-state index contributed by atoms with van der Waals surface area (Å²) in [5.41, 5.74) is 6.16. The normalized spacial score (nSPS) is 16.3. The molecule has 0 bridgehead atoms. The zero-order chi connectivity index (χ0) is 43.0. The predicted molar refractivity (Wildman–Crippen MR) is 244 cm³/mol. The van der Waals surface area contributed by atoms with Crippen LogP contribution in [0.4, 0.5) is 11.4 Å². The van der Waals surface area contributed by atoms with E-state index in [9.17, 15) is 25.2 Å². The van der Waals surface area contributed by atoms with Crippen molar-refractivity contribution in [3.63, 3.8) is 0 Å². The molecule has 0 atom stereocenters. The quantitative estimate of drug-likeness (QED) is 0.0591. The van der Waals surface area contributed by atoms with E-state index in [1.54, 1.807) is 6.07 Å². The summed E-state index contributed by atoms with van der Waals surface area (Å²) in [6.07, 6.45) is 9.25. The minimum Gasteiger partial charge on any atom is -0.478 e. The van der Waals surface area contributed by atoms with Crippen LogP contribution >= 0.6 is 23.5 Å². The van der Waals surface area contributed by atoms with Gasteiger partial charge in [-0.2, -0.15) is 10.5 Å². The summed E-state index contributed by atoms with van der Waals surface area (Å²) in [4.78, 5) is 28.8. The Morgan fingerprint density at radius 1 is 0.677 bits per heavy atom. The number of para-hydroxylation sites is 2. The van der Waals surface area contributed by atoms with Gasteiger partial charge in [0.2, 0.25) is 0 Å². The van der Waals surface area contributed by atoms with Crippen LogP contribution in [0.1, 0.15) is 125 Å². The molecular formula is C51H44N4O5S2. The van der Waals surface area contributed by atoms with E-state index in [2.05, 4.69) is 36.6 Å². The van der Waals surface area contributed by atoms with Crippen molar-refractivity contribution in [2.45, 2.75) is 93.4 Å². The number of esters is 1. The number of nitrogens with zero attached hydrogens (tertiary/aromatic N) is 2. The molecule has 310 valence electrons. The first kappa shape index (κ1) is 41.0. The van der Waals surface area contributed by atoms with Crippen molar-refractivity contribution in [3.8, 4) is 23.6 Å². The predicted octanol–water partition coefficient (Wildman–Crippen LogP) is 13.0. The number of anilines is 2. The lowest BCUT2D eigenvalue weighted by atomic mass is 9.74. The van der Waals surface area contributed by atoms with Crippen LogP contribution in [0.15, 0.2) is 111 Å². The topological polar surface area (TPSA) is 144 Å². The lowest BCUT2D eigenvalue weighted by Crippen LogP contribution is -2.34. The molecule has 5 aromatic rings. The van der Waals surface area contributed by atoms with Gasteiger partial charge in [0.25, 0.3) is 0 Å². The van der Waals surface area contributed by atoms with E-state index < -0.39 is 17.5 Å². The van der Waals surface area contributed by atoms with E-state index in [1.165, 1.54) is 35.7 Å². The number of rotatable bonds is 13. The van der Waals surface area contributed by atoms with Gasteiger partial charge in [0.1, 0.15) is 23.6 Å². The lowest BCUT2D eigenvalue weighted by Gasteiger charge is -2.38. The maximum Gasteiger partial charge on any atom is 0.340 e. The number of nitrogens with one attached hydrogen (secondary N) is 2. The molecule has 0 saturated heterocycles. The molecule has 62 heavy (non-hydrogen) atoms. The van der Waals surface area contributed by atoms with Crippen LogP contribution in [0.25, 0.3) is 11.1 Å². The highest BCUT2D eigenvalue weighted by Gasteiger charge is 2.54. The van der Waals surface area contributed by atoms with Crippen molar-refractivity contribution in [2.75, 3.05) is 10.6 Å². The molecular weight excluding hydrogens is 813 g/mol. The maximum absolute atomic E-state index is 14.2. The average molecular weight is 857 g/mol. The summed E-state index contributed by atoms with van der Waals surface area (Å²) < 4.78 is 13.7. The Morgan fingerprint density at radius 2 is 1.19 bits per heavy atom. The number of allylic oxidation sites excluding steroid dienone is 2. The highest BCUT2D eigenvalue weighted by atomic mass is 32.2. The minimum absolute atomic E-state index is 0.0182. The summed E-state index contributed by atoms with van der Waals surface area (Å²) in [5, 5.41) is 40.5. The molecule has 9 rings (SSSR count). The van der Waals surface area contributed by atoms with Crippen molar-refractivity contribution in [1.29, 1.82) is 10.5 Å². The molecule has 4 aliphatic rings. The smallest absolute Gasteiger partial charge is 0.340 e. The molecule has 0 fully saturated rings. The largest absolute Gasteiger partial charge is 0.478 e. The van der Waals surface area contributed by atoms with E-state index in [1.807, 2.05) is 72.8 Å². The monoisotopic (exact) mass is 856 g/mol. The number of thioether (sulfide) groups is 2. The molecule has 9 nitrogen and oxygen atoms in total. The number of hydrogen-bond donors (Lipinski definition) is 3. The van der Waals surface area contributed by atoms with Crippen LogP contribution in [-0.2, 0) is 23.2 Å². The number of fused-ring (bicyclic) bond motifs is 8. The van der Waals surface area contributed by atoms with Gasteiger partial charge in [0.15, 0.2) is 5.60 Å². The number of hydrogen-bond acceptors (Lipinski definition) is 10. The molecule has 4 heterocycles. The molecule has 3 N–H and O–H groups in total. The van der Waals surface area contributed by atoms with E-state index in [0.717, 1.165) is 83.7 Å². The fraction of sp³-hybridized carbons (Fsp3) is 0.255. The first-order chi connectivity index (χ1) is 30.3. The molecule has 1 spiro atoms. The number of aryl methyl sites for hydroxylation is 2. The summed E-state index contributed by atoms with van der Waals surface area (Å²) in [5.74, 6) is -0.970. The lowest BCUT2D eigenvalue weighted by molar-refractivity contribution is 0.0223. The van der Waals surface area contributed by atoms with Crippen molar-refractivity contribution >= 4 is 58.0 Å². The molecule has 11 heteroatoms. The number of carboxylic acid groups (broad SMARTS) is 1. The van der Waals surface area contributed by atoms with Crippen LogP contribution < -0.4 is 15.4 Å². The van der Waals surface area contributed by atoms with E-state index >= 15 is 0 Å². The Bertz CT molecular complexity index is 2630. The number of carboxylic acids is 1. The van der Waals surface area contributed by atoms with Gasteiger partial charge >= 0.3 is 11.9 Å². The van der Waals surface area contributed by atoms with Gasteiger partial charge in [-0.3, -0.25) is 0 Å². The zero-order valence-corrected chi connectivity index (χ0v) is 36.2. The zero-order valence-electron chi connectivity index (χ0n) is 34.5. The van der Waals surface area contributed by atoms with Crippen LogP contribution in [0.5, 0.6) is 11.5 Å². The maximum atomic E-state index is 14.2. The number of benzene rings is 5. The second-order valence-corrected chi connectivity index (χ2v) is 18.1. The van der Waals surface area contributed by atoms with Gasteiger partial charge in [-0.05, 0) is 104 Å². The van der Waals surface area contributed by atoms with Crippen molar-refractivity contribution in [3.05, 3.63) is 151 Å². The highest BCUT2D eigenvalue weighted by Crippen LogP contribution is 2.59. The standard InChI is InChI=1S/C51H44N4O5S2/c1-3-5-7-9-15-30-23-39-43(26-34(30)36(28-52)47-54-41-17-11-13-19-45(41)61-47)59-44-27-35(37(29-53)48-55-42-18-12-14-20-46(42)62-48)31(16-10-8-6-4-2)24-40(44)51(39)38-25-32(49(56)57)21-22-33(38)50(58)60-51/h11-14,17-27,54-55H,3-10,15-16H2,1-2H3,(H,56,57)/b47-36-,48-37-. The number of aromatic carboxylic acids is 1. The Balaban J connectivity index is 1.29. The molecule has 0 saturated carbocycles. The molecule has 0 unspecified atom stereocenters. The van der Waals surface area contributed by atoms with Gasteiger partial charge in [-0.25, -0.2) is 9.59 Å². The van der Waals surface area contributed by atoms with Crippen molar-refractivity contribution in [1.82, 2.24) is 0 Å². The Labute approximate surface area is 369 Å². The Morgan fingerprint density at radius 3 is 1.66 bits per heavy atom. The molecule has 0 amide bonds. The van der Waals surface area contributed by atoms with E-state index in [-0.39, 0.29) is 11.1 Å². The third-order valence-corrected chi connectivity index (χ3v) is 14.2. The molecule has 4 aliphatic heterocycles. The van der Waals surface area contributed by atoms with Gasteiger partial charge in [-0.1, -0.05) is 100 Å². The van der Waals surface area contributed by atoms with Gasteiger partial charge in [0, 0.05) is 37.6 Å². The summed E-state index contributed by atoms with van der Waals surface area (Å²) in [7, 11) is 0. The number of ether oxygens (including phenoxy) is 2. The Hall–Kier alpha value is -6.40. The summed E-state index contributed by atoms with van der Waals surface area (Å²) >= 11 is 3.01. The van der Waals surface area contributed by atoms with Crippen molar-refractivity contribution < 1.29 is 24.2 Å². The van der Waals surface area contributed by atoms with Gasteiger partial charge in [0.05, 0.1) is 43.7 Å². The number of unbranched alkanes of at least 4 members (excludes halogenated alkanes) is 6. The van der Waals surface area contributed by atoms with Crippen LogP contribution in [-0.4, -0.2) is 17.0 Å². The van der Waals surface area contributed by atoms with E-state index in [4.69, 9.17) is 9.47 Å². The first-order valence-corrected chi connectivity index (χ1v) is 22.9. The molecule has 5 aromatic carbocycles. The SMILES string of the molecule is CCCCCCc1cc2c(cc1/C(C#N)=C1/Nc3ccccc3S1)Oc1cc(/C(C#N)=C3/Nc4ccccc4S3)c(CCCCCC)cc1C21OC(=O)c2ccc(C(=O)O)cc21. The highest BCUT2D eigenvalue weighted by molar-refractivity contribution is 8.04. The van der Waals surface area contributed by atoms with Crippen LogP contribution in [0.3, 0.4) is 0 Å². The van der Waals surface area contributed by atoms with Crippen LogP contribution in [0.2, 0.25) is 0 Å². The van der Waals surface area contributed by atoms with Crippen molar-refractivity contribution in [2.24, 2.45) is 0 Å². The third-order valence-electron chi connectivity index (χ3n) is 12.0. The van der Waals surface area contributed by atoms with Crippen LogP contribution in [0, 0.1) is 22.7 Å². The fourth-order valence-electron chi connectivity index (χ4n) is 8.92. The minimum atomic E-state index is -1.60. The molecule has 0 aromatic heterocycles. The number of nitriles is 2. The fourth-order valence-corrected chi connectivity index (χ4v) is 10.9. The number of carbonyl (C=O) groups is 2. The molecule has 0 aliphatic carbocycles. The molecule has 0 radical (unpaired) electrons. The summed E-state index contributed by atoms with van der Waals surface area (Å²) in [6.45, 7) is 4.33. The second kappa shape index (κ2) is 17.2. The van der Waals surface area contributed by atoms with Gasteiger partial charge in [-0.15, -0.1) is 0 Å². The second-order valence-electron chi connectivity index (χ2n) is 15.9.